The molecule has 0 heterocycles. The van der Waals surface area contributed by atoms with Crippen molar-refractivity contribution in [3.63, 3.8) is 0 Å². The standard InChI is InChI=1S/C7H7N3O6S/c8-6-4(9-17(15)16)1-3(7(11)12)2-5(6)10(13)14/h1-2,9H,8H2,(H,11,12)(H,15,16). The number of rotatable bonds is 4. The topological polar surface area (TPSA) is 156 Å². The number of carboxylic acid groups (broad SMARTS) is 1. The first kappa shape index (κ1) is 12.9. The van der Waals surface area contributed by atoms with Crippen LogP contribution < -0.4 is 10.5 Å². The highest BCUT2D eigenvalue weighted by atomic mass is 32.2. The normalized spacial score (nSPS) is 11.8. The lowest BCUT2D eigenvalue weighted by atomic mass is 10.1. The number of nitrogens with one attached hydrogen (secondary N) is 1. The van der Waals surface area contributed by atoms with Gasteiger partial charge >= 0.3 is 5.97 Å². The number of nitro benzene ring substituents is 1. The lowest BCUT2D eigenvalue weighted by Crippen LogP contribution is -2.09. The highest BCUT2D eigenvalue weighted by molar-refractivity contribution is 7.80. The summed E-state index contributed by atoms with van der Waals surface area (Å²) < 4.78 is 21.0. The first-order chi connectivity index (χ1) is 7.82. The Bertz CT molecular complexity index is 517. The summed E-state index contributed by atoms with van der Waals surface area (Å²) in [6.07, 6.45) is 0. The number of aromatic carboxylic acids is 1. The van der Waals surface area contributed by atoms with Crippen molar-refractivity contribution in [1.29, 1.82) is 0 Å². The van der Waals surface area contributed by atoms with Gasteiger partial charge in [-0.05, 0) is 6.07 Å². The van der Waals surface area contributed by atoms with Crippen LogP contribution in [-0.2, 0) is 11.3 Å². The molecule has 0 fully saturated rings. The van der Waals surface area contributed by atoms with E-state index in [1.807, 2.05) is 4.72 Å². The Morgan fingerprint density at radius 3 is 2.53 bits per heavy atom. The molecule has 0 saturated carbocycles. The van der Waals surface area contributed by atoms with E-state index in [1.165, 1.54) is 0 Å². The van der Waals surface area contributed by atoms with Gasteiger partial charge in [0, 0.05) is 6.07 Å². The lowest BCUT2D eigenvalue weighted by Gasteiger charge is -2.07. The maximum Gasteiger partial charge on any atom is 0.336 e. The molecule has 0 bridgehead atoms. The summed E-state index contributed by atoms with van der Waals surface area (Å²) >= 11 is -2.52. The van der Waals surface area contributed by atoms with Gasteiger partial charge in [0.05, 0.1) is 16.2 Å². The molecule has 5 N–H and O–H groups in total. The first-order valence-corrected chi connectivity index (χ1v) is 5.12. The smallest absolute Gasteiger partial charge is 0.336 e. The van der Waals surface area contributed by atoms with Crippen LogP contribution in [0.2, 0.25) is 0 Å². The summed E-state index contributed by atoms with van der Waals surface area (Å²) in [6.45, 7) is 0. The third-order valence-electron chi connectivity index (χ3n) is 1.80. The van der Waals surface area contributed by atoms with Gasteiger partial charge in [-0.1, -0.05) is 0 Å². The van der Waals surface area contributed by atoms with Crippen LogP contribution in [0.15, 0.2) is 12.1 Å². The molecular formula is C7H7N3O6S. The highest BCUT2D eigenvalue weighted by Gasteiger charge is 2.20. The molecule has 10 heteroatoms. The van der Waals surface area contributed by atoms with Crippen LogP contribution in [-0.4, -0.2) is 24.8 Å². The second kappa shape index (κ2) is 4.76. The molecule has 1 rings (SSSR count). The molecule has 9 nitrogen and oxygen atoms in total. The van der Waals surface area contributed by atoms with Crippen LogP contribution in [0.1, 0.15) is 10.4 Å². The van der Waals surface area contributed by atoms with E-state index < -0.39 is 39.1 Å². The van der Waals surface area contributed by atoms with Crippen LogP contribution in [0.25, 0.3) is 0 Å². The van der Waals surface area contributed by atoms with Gasteiger partial charge in [0.25, 0.3) is 17.0 Å². The number of benzene rings is 1. The van der Waals surface area contributed by atoms with Gasteiger partial charge in [0.2, 0.25) is 0 Å². The molecule has 1 unspecified atom stereocenters. The summed E-state index contributed by atoms with van der Waals surface area (Å²) in [5.74, 6) is -1.42. The minimum Gasteiger partial charge on any atom is -0.478 e. The monoisotopic (exact) mass is 261 g/mol. The summed E-state index contributed by atoms with van der Waals surface area (Å²) in [4.78, 5) is 20.4. The van der Waals surface area contributed by atoms with E-state index in [0.717, 1.165) is 12.1 Å². The number of carbonyl (C=O) groups is 1. The van der Waals surface area contributed by atoms with Gasteiger partial charge in [0.1, 0.15) is 5.69 Å². The zero-order valence-corrected chi connectivity index (χ0v) is 8.93. The van der Waals surface area contributed by atoms with Crippen molar-refractivity contribution in [2.75, 3.05) is 10.5 Å². The van der Waals surface area contributed by atoms with Crippen molar-refractivity contribution in [3.05, 3.63) is 27.8 Å². The van der Waals surface area contributed by atoms with E-state index in [1.54, 1.807) is 0 Å². The van der Waals surface area contributed by atoms with Crippen molar-refractivity contribution in [3.8, 4) is 0 Å². The van der Waals surface area contributed by atoms with E-state index in [0.29, 0.717) is 0 Å². The Morgan fingerprint density at radius 2 is 2.12 bits per heavy atom. The van der Waals surface area contributed by atoms with Crippen LogP contribution in [0, 0.1) is 10.1 Å². The van der Waals surface area contributed by atoms with E-state index in [9.17, 15) is 19.1 Å². The number of nitrogen functional groups attached to an aromatic ring is 1. The van der Waals surface area contributed by atoms with Crippen molar-refractivity contribution in [1.82, 2.24) is 0 Å². The molecule has 0 aliphatic rings. The second-order valence-corrected chi connectivity index (χ2v) is 3.57. The van der Waals surface area contributed by atoms with Crippen LogP contribution in [0.4, 0.5) is 17.1 Å². The fraction of sp³-hybridized carbons (Fsp3) is 0. The quantitative estimate of drug-likeness (QED) is 0.265. The predicted octanol–water partition coefficient (Wildman–Crippen LogP) is 0.424. The first-order valence-electron chi connectivity index (χ1n) is 4.01. The molecule has 1 aromatic carbocycles. The second-order valence-electron chi connectivity index (χ2n) is 2.87. The summed E-state index contributed by atoms with van der Waals surface area (Å²) in [7, 11) is 0. The van der Waals surface area contributed by atoms with Gasteiger partial charge in [-0.3, -0.25) is 19.4 Å². The Labute approximate surface area is 96.8 Å². The number of nitrogens with two attached hydrogens (primary N) is 1. The van der Waals surface area contributed by atoms with E-state index in [4.69, 9.17) is 15.4 Å². The molecule has 0 aliphatic carbocycles. The number of carboxylic acids is 1. The highest BCUT2D eigenvalue weighted by Crippen LogP contribution is 2.31. The zero-order chi connectivity index (χ0) is 13.2. The van der Waals surface area contributed by atoms with Crippen molar-refractivity contribution >= 4 is 34.3 Å². The Balaban J connectivity index is 3.42. The number of hydrogen-bond acceptors (Lipinski definition) is 5. The van der Waals surface area contributed by atoms with Crippen molar-refractivity contribution in [2.24, 2.45) is 0 Å². The van der Waals surface area contributed by atoms with E-state index in [2.05, 4.69) is 0 Å². The molecule has 0 saturated heterocycles. The zero-order valence-electron chi connectivity index (χ0n) is 8.11. The number of hydrogen-bond donors (Lipinski definition) is 4. The largest absolute Gasteiger partial charge is 0.478 e. The molecule has 0 aromatic heterocycles. The number of anilines is 2. The molecule has 1 atom stereocenters. The molecule has 0 spiro atoms. The molecule has 17 heavy (non-hydrogen) atoms. The minimum absolute atomic E-state index is 0.294. The third-order valence-corrected chi connectivity index (χ3v) is 2.19. The van der Waals surface area contributed by atoms with Crippen LogP contribution in [0.3, 0.4) is 0 Å². The maximum absolute atomic E-state index is 10.7. The lowest BCUT2D eigenvalue weighted by molar-refractivity contribution is -0.383. The number of nitrogens with zero attached hydrogens (tertiary/aromatic N) is 1. The average molecular weight is 261 g/mol. The Morgan fingerprint density at radius 1 is 1.53 bits per heavy atom. The van der Waals surface area contributed by atoms with Gasteiger partial charge in [-0.15, -0.1) is 0 Å². The molecule has 0 amide bonds. The molecule has 92 valence electrons. The molecule has 0 radical (unpaired) electrons. The minimum atomic E-state index is -2.52. The molecule has 1 aromatic rings. The third kappa shape index (κ3) is 2.89. The van der Waals surface area contributed by atoms with Crippen LogP contribution >= 0.6 is 0 Å². The maximum atomic E-state index is 10.7. The van der Waals surface area contributed by atoms with E-state index in [-0.39, 0.29) is 5.69 Å². The van der Waals surface area contributed by atoms with E-state index >= 15 is 0 Å². The van der Waals surface area contributed by atoms with Crippen LogP contribution in [0.5, 0.6) is 0 Å². The van der Waals surface area contributed by atoms with Gasteiger partial charge < -0.3 is 10.8 Å². The summed E-state index contributed by atoms with van der Waals surface area (Å²) in [5, 5.41) is 19.3. The Kier molecular flexibility index (Phi) is 3.60. The molecular weight excluding hydrogens is 254 g/mol. The predicted molar refractivity (Wildman–Crippen MR) is 58.9 cm³/mol. The summed E-state index contributed by atoms with van der Waals surface area (Å²) in [5.41, 5.74) is 3.58. The SMILES string of the molecule is Nc1c(NS(=O)O)cc(C(=O)O)cc1[N+](=O)[O-]. The van der Waals surface area contributed by atoms with Crippen molar-refractivity contribution < 1.29 is 23.6 Å². The number of nitro groups is 1. The fourth-order valence-corrected chi connectivity index (χ4v) is 1.45. The average Bonchev–Trinajstić information content (AvgIpc) is 2.19. The Hall–Kier alpha value is -2.20. The fourth-order valence-electron chi connectivity index (χ4n) is 1.09. The van der Waals surface area contributed by atoms with Gasteiger partial charge in [-0.25, -0.2) is 9.00 Å². The van der Waals surface area contributed by atoms with Crippen molar-refractivity contribution in [2.45, 2.75) is 0 Å². The molecule has 0 aliphatic heterocycles. The van der Waals surface area contributed by atoms with Gasteiger partial charge in [-0.2, -0.15) is 0 Å². The van der Waals surface area contributed by atoms with Gasteiger partial charge in [0.15, 0.2) is 0 Å². The summed E-state index contributed by atoms with van der Waals surface area (Å²) in [6, 6.07) is 1.70.